The van der Waals surface area contributed by atoms with E-state index in [0.29, 0.717) is 0 Å². The monoisotopic (exact) mass is 261 g/mol. The number of benzene rings is 1. The van der Waals surface area contributed by atoms with E-state index in [1.165, 1.54) is 16.7 Å². The number of ether oxygens (including phenoxy) is 1. The Morgan fingerprint density at radius 2 is 2.17 bits per heavy atom. The van der Waals surface area contributed by atoms with Gasteiger partial charge in [0.25, 0.3) is 0 Å². The molecule has 0 bridgehead atoms. The first kappa shape index (κ1) is 13.1. The molecule has 18 heavy (non-hydrogen) atoms. The van der Waals surface area contributed by atoms with E-state index in [0.717, 1.165) is 12.3 Å². The summed E-state index contributed by atoms with van der Waals surface area (Å²) in [5, 5.41) is 7.82. The molecule has 0 saturated carbocycles. The lowest BCUT2D eigenvalue weighted by Crippen LogP contribution is -2.22. The van der Waals surface area contributed by atoms with Crippen molar-refractivity contribution < 1.29 is 4.74 Å². The molecule has 0 aliphatic rings. The zero-order chi connectivity index (χ0) is 13.0. The van der Waals surface area contributed by atoms with Crippen LogP contribution in [0.5, 0.6) is 5.75 Å². The Labute approximate surface area is 113 Å². The normalized spacial score (nSPS) is 12.4. The van der Waals surface area contributed by atoms with Gasteiger partial charge in [-0.25, -0.2) is 0 Å². The maximum absolute atomic E-state index is 5.51. The summed E-state index contributed by atoms with van der Waals surface area (Å²) < 4.78 is 5.51. The van der Waals surface area contributed by atoms with Gasteiger partial charge in [-0.05, 0) is 47.5 Å². The number of thiophene rings is 1. The predicted molar refractivity (Wildman–Crippen MR) is 77.6 cm³/mol. The van der Waals surface area contributed by atoms with E-state index in [9.17, 15) is 0 Å². The van der Waals surface area contributed by atoms with Gasteiger partial charge in [0, 0.05) is 5.56 Å². The smallest absolute Gasteiger partial charge is 0.124 e. The highest BCUT2D eigenvalue weighted by atomic mass is 32.1. The zero-order valence-electron chi connectivity index (χ0n) is 11.1. The Balaban J connectivity index is 2.42. The topological polar surface area (TPSA) is 21.3 Å². The van der Waals surface area contributed by atoms with Gasteiger partial charge in [-0.15, -0.1) is 0 Å². The van der Waals surface area contributed by atoms with Crippen LogP contribution < -0.4 is 10.1 Å². The molecular formula is C15H19NOS. The summed E-state index contributed by atoms with van der Waals surface area (Å²) in [6.07, 6.45) is 0. The first-order chi connectivity index (χ1) is 8.76. The average Bonchev–Trinajstić information content (AvgIpc) is 2.90. The fraction of sp³-hybridized carbons (Fsp3) is 0.333. The summed E-state index contributed by atoms with van der Waals surface area (Å²) in [7, 11) is 1.73. The van der Waals surface area contributed by atoms with Gasteiger partial charge in [0.1, 0.15) is 5.75 Å². The molecule has 2 nitrogen and oxygen atoms in total. The lowest BCUT2D eigenvalue weighted by Gasteiger charge is -2.20. The minimum absolute atomic E-state index is 0.205. The van der Waals surface area contributed by atoms with Crippen molar-refractivity contribution in [2.75, 3.05) is 13.7 Å². The van der Waals surface area contributed by atoms with E-state index in [-0.39, 0.29) is 6.04 Å². The van der Waals surface area contributed by atoms with Crippen molar-refractivity contribution in [2.24, 2.45) is 0 Å². The number of methoxy groups -OCH3 is 1. The van der Waals surface area contributed by atoms with Crippen molar-refractivity contribution in [1.82, 2.24) is 5.32 Å². The molecule has 0 aliphatic carbocycles. The molecule has 1 heterocycles. The van der Waals surface area contributed by atoms with Crippen LogP contribution in [0.4, 0.5) is 0 Å². The second kappa shape index (κ2) is 6.03. The van der Waals surface area contributed by atoms with E-state index in [4.69, 9.17) is 4.74 Å². The van der Waals surface area contributed by atoms with Crippen molar-refractivity contribution in [3.8, 4) is 5.75 Å². The second-order valence-electron chi connectivity index (χ2n) is 4.29. The molecule has 0 saturated heterocycles. The molecule has 0 radical (unpaired) electrons. The standard InChI is InChI=1S/C15H19NOS/c1-4-16-15(12-7-8-18-10-12)13-6-5-11(2)9-14(13)17-3/h5-10,15-16H,4H2,1-3H3. The third-order valence-electron chi connectivity index (χ3n) is 2.98. The lowest BCUT2D eigenvalue weighted by atomic mass is 9.99. The van der Waals surface area contributed by atoms with Crippen LogP contribution in [-0.2, 0) is 0 Å². The number of aryl methyl sites for hydroxylation is 1. The van der Waals surface area contributed by atoms with Gasteiger partial charge >= 0.3 is 0 Å². The first-order valence-corrected chi connectivity index (χ1v) is 7.10. The Morgan fingerprint density at radius 1 is 1.33 bits per heavy atom. The largest absolute Gasteiger partial charge is 0.496 e. The zero-order valence-corrected chi connectivity index (χ0v) is 11.9. The Hall–Kier alpha value is -1.32. The molecule has 2 rings (SSSR count). The SMILES string of the molecule is CCNC(c1ccsc1)c1ccc(C)cc1OC. The summed E-state index contributed by atoms with van der Waals surface area (Å²) in [6.45, 7) is 5.14. The van der Waals surface area contributed by atoms with Crippen molar-refractivity contribution >= 4 is 11.3 Å². The molecule has 1 N–H and O–H groups in total. The Bertz CT molecular complexity index is 493. The van der Waals surface area contributed by atoms with Gasteiger partial charge in [0.2, 0.25) is 0 Å². The number of nitrogens with one attached hydrogen (secondary N) is 1. The van der Waals surface area contributed by atoms with E-state index in [1.807, 2.05) is 0 Å². The first-order valence-electron chi connectivity index (χ1n) is 6.16. The maximum atomic E-state index is 5.51. The minimum Gasteiger partial charge on any atom is -0.496 e. The highest BCUT2D eigenvalue weighted by molar-refractivity contribution is 7.08. The molecule has 2 aromatic rings. The van der Waals surface area contributed by atoms with Crippen LogP contribution in [0.1, 0.15) is 29.7 Å². The quantitative estimate of drug-likeness (QED) is 0.884. The fourth-order valence-corrected chi connectivity index (χ4v) is 2.79. The van der Waals surface area contributed by atoms with Crippen LogP contribution in [0.25, 0.3) is 0 Å². The molecule has 1 aromatic carbocycles. The predicted octanol–water partition coefficient (Wildman–Crippen LogP) is 3.76. The Morgan fingerprint density at radius 3 is 2.78 bits per heavy atom. The average molecular weight is 261 g/mol. The van der Waals surface area contributed by atoms with E-state index in [1.54, 1.807) is 18.4 Å². The second-order valence-corrected chi connectivity index (χ2v) is 5.07. The molecule has 0 spiro atoms. The van der Waals surface area contributed by atoms with E-state index in [2.05, 4.69) is 54.2 Å². The molecule has 1 atom stereocenters. The van der Waals surface area contributed by atoms with Crippen molar-refractivity contribution in [2.45, 2.75) is 19.9 Å². The summed E-state index contributed by atoms with van der Waals surface area (Å²) in [5.74, 6) is 0.951. The van der Waals surface area contributed by atoms with Gasteiger partial charge < -0.3 is 10.1 Å². The van der Waals surface area contributed by atoms with Crippen LogP contribution in [0.3, 0.4) is 0 Å². The van der Waals surface area contributed by atoms with Crippen LogP contribution in [-0.4, -0.2) is 13.7 Å². The highest BCUT2D eigenvalue weighted by Gasteiger charge is 2.17. The minimum atomic E-state index is 0.205. The molecule has 1 unspecified atom stereocenters. The van der Waals surface area contributed by atoms with Crippen molar-refractivity contribution in [1.29, 1.82) is 0 Å². The van der Waals surface area contributed by atoms with Crippen molar-refractivity contribution in [3.05, 3.63) is 51.7 Å². The van der Waals surface area contributed by atoms with Gasteiger partial charge in [-0.2, -0.15) is 11.3 Å². The molecule has 3 heteroatoms. The van der Waals surface area contributed by atoms with Gasteiger partial charge in [-0.1, -0.05) is 19.1 Å². The van der Waals surface area contributed by atoms with Crippen LogP contribution in [0, 0.1) is 6.92 Å². The Kier molecular flexibility index (Phi) is 4.39. The van der Waals surface area contributed by atoms with Gasteiger partial charge in [0.05, 0.1) is 13.2 Å². The molecule has 96 valence electrons. The molecule has 0 fully saturated rings. The van der Waals surface area contributed by atoms with E-state index >= 15 is 0 Å². The third kappa shape index (κ3) is 2.74. The van der Waals surface area contributed by atoms with Crippen LogP contribution in [0.15, 0.2) is 35.0 Å². The summed E-state index contributed by atoms with van der Waals surface area (Å²) in [4.78, 5) is 0. The summed E-state index contributed by atoms with van der Waals surface area (Å²) in [6, 6.07) is 8.74. The van der Waals surface area contributed by atoms with Crippen molar-refractivity contribution in [3.63, 3.8) is 0 Å². The number of hydrogen-bond acceptors (Lipinski definition) is 3. The highest BCUT2D eigenvalue weighted by Crippen LogP contribution is 2.31. The third-order valence-corrected chi connectivity index (χ3v) is 3.69. The fourth-order valence-electron chi connectivity index (χ4n) is 2.11. The van der Waals surface area contributed by atoms with E-state index < -0.39 is 0 Å². The number of hydrogen-bond donors (Lipinski definition) is 1. The van der Waals surface area contributed by atoms with Crippen LogP contribution in [0.2, 0.25) is 0 Å². The lowest BCUT2D eigenvalue weighted by molar-refractivity contribution is 0.404. The molecular weight excluding hydrogens is 242 g/mol. The molecule has 0 aliphatic heterocycles. The molecule has 0 amide bonds. The van der Waals surface area contributed by atoms with Gasteiger partial charge in [-0.3, -0.25) is 0 Å². The number of rotatable bonds is 5. The molecule has 1 aromatic heterocycles. The maximum Gasteiger partial charge on any atom is 0.124 e. The van der Waals surface area contributed by atoms with Gasteiger partial charge in [0.15, 0.2) is 0 Å². The summed E-state index contributed by atoms with van der Waals surface area (Å²) >= 11 is 1.72. The van der Waals surface area contributed by atoms with Crippen LogP contribution >= 0.6 is 11.3 Å². The summed E-state index contributed by atoms with van der Waals surface area (Å²) in [5.41, 5.74) is 3.71.